The second kappa shape index (κ2) is 6.03. The Labute approximate surface area is 134 Å². The second-order valence-electron chi connectivity index (χ2n) is 6.02. The predicted molar refractivity (Wildman–Crippen MR) is 86.5 cm³/mol. The number of fused-ring (bicyclic) bond motifs is 1. The molecule has 3 rings (SSSR count). The summed E-state index contributed by atoms with van der Waals surface area (Å²) >= 11 is 0. The molecular formula is C19H19FO3. The first-order valence-corrected chi connectivity index (χ1v) is 7.74. The highest BCUT2D eigenvalue weighted by atomic mass is 19.1. The van der Waals surface area contributed by atoms with Crippen LogP contribution in [-0.2, 0) is 17.6 Å². The fourth-order valence-corrected chi connectivity index (χ4v) is 3.47. The van der Waals surface area contributed by atoms with Crippen LogP contribution in [0.5, 0.6) is 5.75 Å². The number of carbonyl (C=O) groups is 1. The molecule has 3 nitrogen and oxygen atoms in total. The molecule has 0 saturated heterocycles. The van der Waals surface area contributed by atoms with E-state index in [0.29, 0.717) is 5.75 Å². The van der Waals surface area contributed by atoms with Gasteiger partial charge < -0.3 is 9.84 Å². The van der Waals surface area contributed by atoms with E-state index < -0.39 is 5.97 Å². The number of benzene rings is 2. The molecule has 0 amide bonds. The summed E-state index contributed by atoms with van der Waals surface area (Å²) in [6, 6.07) is 7.09. The average molecular weight is 314 g/mol. The maximum Gasteiger partial charge on any atom is 0.341 e. The normalized spacial score (nSPS) is 13.0. The molecule has 0 fully saturated rings. The van der Waals surface area contributed by atoms with Gasteiger partial charge in [0.1, 0.15) is 11.6 Å². The van der Waals surface area contributed by atoms with Crippen molar-refractivity contribution in [3.8, 4) is 16.9 Å². The molecule has 0 saturated carbocycles. The molecule has 2 aromatic carbocycles. The van der Waals surface area contributed by atoms with Gasteiger partial charge in [-0.25, -0.2) is 9.18 Å². The Kier molecular flexibility index (Phi) is 4.07. The summed E-state index contributed by atoms with van der Waals surface area (Å²) in [7, 11) is 0. The summed E-state index contributed by atoms with van der Waals surface area (Å²) in [5.74, 6) is -0.566. The van der Waals surface area contributed by atoms with E-state index in [9.17, 15) is 9.18 Å². The first kappa shape index (κ1) is 15.5. The number of aryl methyl sites for hydroxylation is 2. The largest absolute Gasteiger partial charge is 0.482 e. The van der Waals surface area contributed by atoms with Crippen molar-refractivity contribution in [1.82, 2.24) is 0 Å². The third-order valence-corrected chi connectivity index (χ3v) is 4.37. The lowest BCUT2D eigenvalue weighted by Gasteiger charge is -2.16. The number of ether oxygens (including phenoxy) is 1. The molecule has 1 aliphatic rings. The summed E-state index contributed by atoms with van der Waals surface area (Å²) in [5, 5.41) is 8.72. The van der Waals surface area contributed by atoms with Gasteiger partial charge in [-0.3, -0.25) is 0 Å². The van der Waals surface area contributed by atoms with Crippen LogP contribution >= 0.6 is 0 Å². The highest BCUT2D eigenvalue weighted by Gasteiger charge is 2.21. The third-order valence-electron chi connectivity index (χ3n) is 4.37. The molecule has 0 heterocycles. The molecule has 4 heteroatoms. The van der Waals surface area contributed by atoms with Crippen LogP contribution in [0.1, 0.15) is 28.7 Å². The average Bonchev–Trinajstić information content (AvgIpc) is 2.97. The van der Waals surface area contributed by atoms with Gasteiger partial charge in [0.15, 0.2) is 6.61 Å². The Morgan fingerprint density at radius 3 is 2.48 bits per heavy atom. The van der Waals surface area contributed by atoms with Gasteiger partial charge in [-0.05, 0) is 84.7 Å². The molecule has 23 heavy (non-hydrogen) atoms. The van der Waals surface area contributed by atoms with E-state index in [0.717, 1.165) is 52.6 Å². The predicted octanol–water partition coefficient (Wildman–Crippen LogP) is 4.06. The lowest BCUT2D eigenvalue weighted by atomic mass is 9.90. The number of rotatable bonds is 4. The molecule has 1 N–H and O–H groups in total. The van der Waals surface area contributed by atoms with Crippen molar-refractivity contribution in [3.63, 3.8) is 0 Å². The molecule has 0 aromatic heterocycles. The number of hydrogen-bond donors (Lipinski definition) is 1. The Morgan fingerprint density at radius 1 is 1.17 bits per heavy atom. The van der Waals surface area contributed by atoms with Crippen LogP contribution < -0.4 is 4.74 Å². The Hall–Kier alpha value is -2.36. The van der Waals surface area contributed by atoms with E-state index in [-0.39, 0.29) is 12.4 Å². The van der Waals surface area contributed by atoms with Crippen LogP contribution in [0.2, 0.25) is 0 Å². The van der Waals surface area contributed by atoms with Crippen molar-refractivity contribution in [2.45, 2.75) is 33.1 Å². The zero-order valence-electron chi connectivity index (χ0n) is 13.3. The summed E-state index contributed by atoms with van der Waals surface area (Å²) < 4.78 is 19.2. The maximum absolute atomic E-state index is 14.0. The number of halogens is 1. The van der Waals surface area contributed by atoms with Gasteiger partial charge in [0.2, 0.25) is 0 Å². The van der Waals surface area contributed by atoms with Crippen molar-refractivity contribution in [2.24, 2.45) is 0 Å². The highest BCUT2D eigenvalue weighted by Crippen LogP contribution is 2.38. The van der Waals surface area contributed by atoms with Gasteiger partial charge in [0.05, 0.1) is 0 Å². The van der Waals surface area contributed by atoms with Gasteiger partial charge in [-0.2, -0.15) is 0 Å². The second-order valence-corrected chi connectivity index (χ2v) is 6.02. The number of aliphatic carboxylic acids is 1. The van der Waals surface area contributed by atoms with Crippen LogP contribution in [0.3, 0.4) is 0 Å². The first-order valence-electron chi connectivity index (χ1n) is 7.74. The number of carboxylic acid groups (broad SMARTS) is 1. The molecule has 0 unspecified atom stereocenters. The van der Waals surface area contributed by atoms with Crippen molar-refractivity contribution in [3.05, 3.63) is 52.3 Å². The molecule has 0 bridgehead atoms. The zero-order chi connectivity index (χ0) is 16.6. The lowest BCUT2D eigenvalue weighted by Crippen LogP contribution is -2.09. The molecule has 0 spiro atoms. The molecule has 0 aliphatic heterocycles. The van der Waals surface area contributed by atoms with Crippen LogP contribution in [0.4, 0.5) is 4.39 Å². The fourth-order valence-electron chi connectivity index (χ4n) is 3.47. The Morgan fingerprint density at radius 2 is 1.83 bits per heavy atom. The van der Waals surface area contributed by atoms with Crippen molar-refractivity contribution in [2.75, 3.05) is 6.61 Å². The molecule has 0 atom stereocenters. The fraction of sp³-hybridized carbons (Fsp3) is 0.316. The van der Waals surface area contributed by atoms with Crippen molar-refractivity contribution >= 4 is 5.97 Å². The SMILES string of the molecule is Cc1cc(OCC(=O)O)cc(C)c1-c1ccc(F)c2c1CCC2. The quantitative estimate of drug-likeness (QED) is 0.925. The van der Waals surface area contributed by atoms with Crippen LogP contribution in [0.25, 0.3) is 11.1 Å². The van der Waals surface area contributed by atoms with Crippen molar-refractivity contribution in [1.29, 1.82) is 0 Å². The minimum Gasteiger partial charge on any atom is -0.482 e. The number of hydrogen-bond acceptors (Lipinski definition) is 2. The summed E-state index contributed by atoms with van der Waals surface area (Å²) in [5.41, 5.74) is 6.13. The summed E-state index contributed by atoms with van der Waals surface area (Å²) in [6.07, 6.45) is 2.69. The van der Waals surface area contributed by atoms with Gasteiger partial charge >= 0.3 is 5.97 Å². The highest BCUT2D eigenvalue weighted by molar-refractivity contribution is 5.76. The molecule has 2 aromatic rings. The van der Waals surface area contributed by atoms with Gasteiger partial charge in [-0.15, -0.1) is 0 Å². The van der Waals surface area contributed by atoms with Crippen molar-refractivity contribution < 1.29 is 19.0 Å². The van der Waals surface area contributed by atoms with Crippen LogP contribution in [0.15, 0.2) is 24.3 Å². The van der Waals surface area contributed by atoms with E-state index in [4.69, 9.17) is 9.84 Å². The minimum absolute atomic E-state index is 0.113. The van der Waals surface area contributed by atoms with Gasteiger partial charge in [0.25, 0.3) is 0 Å². The smallest absolute Gasteiger partial charge is 0.341 e. The first-order chi connectivity index (χ1) is 11.0. The van der Waals surface area contributed by atoms with Gasteiger partial charge in [-0.1, -0.05) is 6.07 Å². The third kappa shape index (κ3) is 2.93. The Bertz CT molecular complexity index is 757. The topological polar surface area (TPSA) is 46.5 Å². The van der Waals surface area contributed by atoms with E-state index in [1.165, 1.54) is 0 Å². The van der Waals surface area contributed by atoms with Gasteiger partial charge in [0, 0.05) is 0 Å². The summed E-state index contributed by atoms with van der Waals surface area (Å²) in [6.45, 7) is 3.59. The van der Waals surface area contributed by atoms with E-state index in [1.54, 1.807) is 6.07 Å². The molecular weight excluding hydrogens is 295 g/mol. The molecule has 1 aliphatic carbocycles. The monoisotopic (exact) mass is 314 g/mol. The lowest BCUT2D eigenvalue weighted by molar-refractivity contribution is -0.139. The van der Waals surface area contributed by atoms with E-state index in [2.05, 4.69) is 0 Å². The standard InChI is InChI=1S/C19H19FO3/c1-11-8-13(23-10-18(21)22)9-12(2)19(11)16-6-7-17(20)15-5-3-4-14(15)16/h6-9H,3-5,10H2,1-2H3,(H,21,22). The van der Waals surface area contributed by atoms with E-state index >= 15 is 0 Å². The minimum atomic E-state index is -0.999. The summed E-state index contributed by atoms with van der Waals surface area (Å²) in [4.78, 5) is 10.6. The number of carboxylic acids is 1. The van der Waals surface area contributed by atoms with Crippen LogP contribution in [-0.4, -0.2) is 17.7 Å². The molecule has 0 radical (unpaired) electrons. The molecule has 120 valence electrons. The Balaban J connectivity index is 2.05. The zero-order valence-corrected chi connectivity index (χ0v) is 13.3. The van der Waals surface area contributed by atoms with E-state index in [1.807, 2.05) is 32.0 Å². The van der Waals surface area contributed by atoms with Crippen LogP contribution in [0, 0.1) is 19.7 Å². The maximum atomic E-state index is 14.0.